The summed E-state index contributed by atoms with van der Waals surface area (Å²) in [7, 11) is 1.77. The Labute approximate surface area is 97.9 Å². The summed E-state index contributed by atoms with van der Waals surface area (Å²) in [6.45, 7) is 0.451. The maximum absolute atomic E-state index is 8.88. The van der Waals surface area contributed by atoms with Gasteiger partial charge in [0.25, 0.3) is 0 Å². The Hall–Kier alpha value is -2.62. The van der Waals surface area contributed by atoms with Gasteiger partial charge in [-0.3, -0.25) is 4.68 Å². The van der Waals surface area contributed by atoms with Crippen molar-refractivity contribution in [3.05, 3.63) is 29.6 Å². The first-order valence-electron chi connectivity index (χ1n) is 4.94. The fourth-order valence-electron chi connectivity index (χ4n) is 1.36. The van der Waals surface area contributed by atoms with Crippen LogP contribution >= 0.6 is 0 Å². The topological polar surface area (TPSA) is 105 Å². The minimum atomic E-state index is 0.443. The first-order valence-corrected chi connectivity index (χ1v) is 4.94. The van der Waals surface area contributed by atoms with E-state index >= 15 is 0 Å². The van der Waals surface area contributed by atoms with Crippen molar-refractivity contribution >= 4 is 11.6 Å². The van der Waals surface area contributed by atoms with Crippen molar-refractivity contribution < 1.29 is 0 Å². The summed E-state index contributed by atoms with van der Waals surface area (Å²) in [5.74, 6) is 1.03. The van der Waals surface area contributed by atoms with Crippen LogP contribution in [0.15, 0.2) is 18.5 Å². The largest absolute Gasteiger partial charge is 0.384 e. The Balaban J connectivity index is 2.13. The van der Waals surface area contributed by atoms with E-state index in [2.05, 4.69) is 20.6 Å². The van der Waals surface area contributed by atoms with Gasteiger partial charge in [-0.15, -0.1) is 5.10 Å². The Kier molecular flexibility index (Phi) is 2.87. The van der Waals surface area contributed by atoms with Crippen LogP contribution in [0.5, 0.6) is 0 Å². The third-order valence-electron chi connectivity index (χ3n) is 2.35. The number of nitrogens with zero attached hydrogens (tertiary/aromatic N) is 5. The van der Waals surface area contributed by atoms with Crippen LogP contribution in [0, 0.1) is 11.3 Å². The number of hydrogen-bond donors (Lipinski definition) is 2. The number of aryl methyl sites for hydroxylation is 1. The summed E-state index contributed by atoms with van der Waals surface area (Å²) in [5, 5.41) is 23.5. The van der Waals surface area contributed by atoms with Crippen molar-refractivity contribution in [1.29, 1.82) is 5.26 Å². The minimum Gasteiger partial charge on any atom is -0.384 e. The van der Waals surface area contributed by atoms with Crippen LogP contribution in [-0.2, 0) is 13.6 Å². The summed E-state index contributed by atoms with van der Waals surface area (Å²) in [6.07, 6.45) is 3.15. The highest BCUT2D eigenvalue weighted by Gasteiger charge is 2.07. The normalized spacial score (nSPS) is 9.88. The zero-order chi connectivity index (χ0) is 12.3. The van der Waals surface area contributed by atoms with Gasteiger partial charge in [-0.25, -0.2) is 0 Å². The lowest BCUT2D eigenvalue weighted by Gasteiger charge is -2.05. The second-order valence-electron chi connectivity index (χ2n) is 3.44. The lowest BCUT2D eigenvalue weighted by atomic mass is 10.3. The molecular formula is C10H11N7. The lowest BCUT2D eigenvalue weighted by Crippen LogP contribution is -2.06. The highest BCUT2D eigenvalue weighted by atomic mass is 15.3. The Morgan fingerprint density at radius 3 is 3.06 bits per heavy atom. The Morgan fingerprint density at radius 1 is 1.59 bits per heavy atom. The molecule has 0 radical (unpaired) electrons. The molecule has 0 saturated heterocycles. The maximum atomic E-state index is 8.88. The van der Waals surface area contributed by atoms with E-state index in [-0.39, 0.29) is 0 Å². The predicted octanol–water partition coefficient (Wildman–Crippen LogP) is 0.276. The van der Waals surface area contributed by atoms with Crippen molar-refractivity contribution in [3.63, 3.8) is 0 Å². The second kappa shape index (κ2) is 4.49. The first-order chi connectivity index (χ1) is 8.22. The molecule has 0 aliphatic carbocycles. The number of nitrogen functional groups attached to an aromatic ring is 1. The zero-order valence-corrected chi connectivity index (χ0v) is 9.25. The fraction of sp³-hybridized carbons (Fsp3) is 0.200. The number of hydrogen-bond acceptors (Lipinski definition) is 6. The van der Waals surface area contributed by atoms with E-state index in [9.17, 15) is 0 Å². The van der Waals surface area contributed by atoms with Crippen LogP contribution in [0.3, 0.4) is 0 Å². The minimum absolute atomic E-state index is 0.443. The summed E-state index contributed by atoms with van der Waals surface area (Å²) < 4.78 is 1.58. The third-order valence-corrected chi connectivity index (χ3v) is 2.35. The fourth-order valence-corrected chi connectivity index (χ4v) is 1.36. The molecule has 0 aliphatic rings. The smallest absolute Gasteiger partial charge is 0.166 e. The number of anilines is 2. The van der Waals surface area contributed by atoms with Crippen LogP contribution in [-0.4, -0.2) is 20.0 Å². The van der Waals surface area contributed by atoms with Crippen molar-refractivity contribution in [1.82, 2.24) is 20.0 Å². The van der Waals surface area contributed by atoms with E-state index < -0.39 is 0 Å². The SMILES string of the molecule is Cn1ncc(CNc2nnccc2C#N)c1N. The molecule has 2 heterocycles. The molecule has 0 amide bonds. The van der Waals surface area contributed by atoms with Gasteiger partial charge in [0.2, 0.25) is 0 Å². The van der Waals surface area contributed by atoms with Gasteiger partial charge in [-0.05, 0) is 6.07 Å². The molecule has 3 N–H and O–H groups in total. The van der Waals surface area contributed by atoms with E-state index in [1.165, 1.54) is 6.20 Å². The Bertz CT molecular complexity index is 566. The van der Waals surface area contributed by atoms with Crippen molar-refractivity contribution in [2.75, 3.05) is 11.1 Å². The lowest BCUT2D eigenvalue weighted by molar-refractivity contribution is 0.778. The summed E-state index contributed by atoms with van der Waals surface area (Å²) in [5.41, 5.74) is 7.09. The molecule has 17 heavy (non-hydrogen) atoms. The molecule has 0 unspecified atom stereocenters. The van der Waals surface area contributed by atoms with E-state index in [0.29, 0.717) is 23.7 Å². The number of rotatable bonds is 3. The van der Waals surface area contributed by atoms with Crippen LogP contribution in [0.4, 0.5) is 11.6 Å². The van der Waals surface area contributed by atoms with Gasteiger partial charge >= 0.3 is 0 Å². The molecular weight excluding hydrogens is 218 g/mol. The first kappa shape index (κ1) is 10.9. The molecule has 0 saturated carbocycles. The highest BCUT2D eigenvalue weighted by Crippen LogP contribution is 2.13. The number of nitrogens with one attached hydrogen (secondary N) is 1. The number of nitriles is 1. The van der Waals surface area contributed by atoms with Gasteiger partial charge in [-0.2, -0.15) is 15.5 Å². The van der Waals surface area contributed by atoms with Gasteiger partial charge in [-0.1, -0.05) is 0 Å². The van der Waals surface area contributed by atoms with Gasteiger partial charge in [0, 0.05) is 19.2 Å². The summed E-state index contributed by atoms with van der Waals surface area (Å²) in [6, 6.07) is 3.63. The van der Waals surface area contributed by atoms with Crippen LogP contribution in [0.2, 0.25) is 0 Å². The van der Waals surface area contributed by atoms with Gasteiger partial charge in [0.1, 0.15) is 11.9 Å². The quantitative estimate of drug-likeness (QED) is 0.782. The molecule has 0 fully saturated rings. The molecule has 0 aromatic carbocycles. The standard InChI is InChI=1S/C10H11N7/c1-17-9(12)8(6-15-17)5-13-10-7(4-11)2-3-14-16-10/h2-3,6H,5,12H2,1H3,(H,13,16). The molecule has 0 atom stereocenters. The average molecular weight is 229 g/mol. The molecule has 0 spiro atoms. The molecule has 86 valence electrons. The van der Waals surface area contributed by atoms with E-state index in [4.69, 9.17) is 11.0 Å². The highest BCUT2D eigenvalue weighted by molar-refractivity contribution is 5.51. The number of nitrogens with two attached hydrogens (primary N) is 1. The Morgan fingerprint density at radius 2 is 2.41 bits per heavy atom. The molecule has 0 aliphatic heterocycles. The summed E-state index contributed by atoms with van der Waals surface area (Å²) >= 11 is 0. The van der Waals surface area contributed by atoms with E-state index in [0.717, 1.165) is 5.56 Å². The van der Waals surface area contributed by atoms with Crippen LogP contribution < -0.4 is 11.1 Å². The van der Waals surface area contributed by atoms with E-state index in [1.54, 1.807) is 24.0 Å². The predicted molar refractivity (Wildman–Crippen MR) is 61.7 cm³/mol. The third kappa shape index (κ3) is 2.15. The molecule has 2 aromatic rings. The molecule has 7 nitrogen and oxygen atoms in total. The average Bonchev–Trinajstić information content (AvgIpc) is 2.68. The second-order valence-corrected chi connectivity index (χ2v) is 3.44. The molecule has 2 rings (SSSR count). The maximum Gasteiger partial charge on any atom is 0.166 e. The van der Waals surface area contributed by atoms with Crippen LogP contribution in [0.25, 0.3) is 0 Å². The van der Waals surface area contributed by atoms with Crippen molar-refractivity contribution in [3.8, 4) is 6.07 Å². The van der Waals surface area contributed by atoms with Crippen molar-refractivity contribution in [2.45, 2.75) is 6.54 Å². The summed E-state index contributed by atoms with van der Waals surface area (Å²) in [4.78, 5) is 0. The monoisotopic (exact) mass is 229 g/mol. The molecule has 0 bridgehead atoms. The molecule has 2 aromatic heterocycles. The van der Waals surface area contributed by atoms with Crippen molar-refractivity contribution in [2.24, 2.45) is 7.05 Å². The van der Waals surface area contributed by atoms with Gasteiger partial charge in [0.05, 0.1) is 18.0 Å². The van der Waals surface area contributed by atoms with Gasteiger partial charge in [0.15, 0.2) is 5.82 Å². The van der Waals surface area contributed by atoms with E-state index in [1.807, 2.05) is 6.07 Å². The zero-order valence-electron chi connectivity index (χ0n) is 9.25. The molecule has 7 heteroatoms. The van der Waals surface area contributed by atoms with Crippen LogP contribution in [0.1, 0.15) is 11.1 Å². The number of aromatic nitrogens is 4. The van der Waals surface area contributed by atoms with Gasteiger partial charge < -0.3 is 11.1 Å².